The molecule has 3 heteroatoms. The molecule has 0 aliphatic heterocycles. The molecule has 1 unspecified atom stereocenters. The van der Waals surface area contributed by atoms with Crippen molar-refractivity contribution in [2.45, 2.75) is 78.1 Å². The Kier molecular flexibility index (Phi) is 13.4. The molecule has 3 nitrogen and oxygen atoms in total. The van der Waals surface area contributed by atoms with Crippen LogP contribution in [-0.2, 0) is 4.79 Å². The van der Waals surface area contributed by atoms with E-state index >= 15 is 0 Å². The third-order valence-electron chi connectivity index (χ3n) is 3.71. The minimum absolute atomic E-state index is 0.171. The van der Waals surface area contributed by atoms with Gasteiger partial charge in [0.2, 0.25) is 5.91 Å². The summed E-state index contributed by atoms with van der Waals surface area (Å²) in [5.74, 6) is 0.591. The molecule has 0 spiro atoms. The van der Waals surface area contributed by atoms with E-state index in [1.807, 2.05) is 0 Å². The molecule has 0 fully saturated rings. The fourth-order valence-electron chi connectivity index (χ4n) is 2.22. The van der Waals surface area contributed by atoms with Gasteiger partial charge in [-0.25, -0.2) is 0 Å². The molecule has 114 valence electrons. The Bertz CT molecular complexity index is 207. The van der Waals surface area contributed by atoms with Crippen LogP contribution in [-0.4, -0.2) is 24.2 Å². The van der Waals surface area contributed by atoms with Gasteiger partial charge in [0.05, 0.1) is 0 Å². The minimum Gasteiger partial charge on any atom is -0.396 e. The van der Waals surface area contributed by atoms with Crippen molar-refractivity contribution in [2.24, 2.45) is 5.92 Å². The highest BCUT2D eigenvalue weighted by molar-refractivity contribution is 5.75. The monoisotopic (exact) mass is 271 g/mol. The topological polar surface area (TPSA) is 49.3 Å². The van der Waals surface area contributed by atoms with Crippen LogP contribution in [0.2, 0.25) is 0 Å². The van der Waals surface area contributed by atoms with Crippen LogP contribution in [0.25, 0.3) is 0 Å². The van der Waals surface area contributed by atoms with E-state index in [2.05, 4.69) is 19.2 Å². The Morgan fingerprint density at radius 1 is 1.05 bits per heavy atom. The van der Waals surface area contributed by atoms with Gasteiger partial charge in [-0.15, -0.1) is 0 Å². The van der Waals surface area contributed by atoms with E-state index in [0.29, 0.717) is 18.9 Å². The molecule has 0 aliphatic rings. The van der Waals surface area contributed by atoms with Crippen molar-refractivity contribution in [2.75, 3.05) is 13.2 Å². The second-order valence-corrected chi connectivity index (χ2v) is 5.46. The van der Waals surface area contributed by atoms with Gasteiger partial charge in [0, 0.05) is 19.6 Å². The quantitative estimate of drug-likeness (QED) is 0.502. The Labute approximate surface area is 119 Å². The van der Waals surface area contributed by atoms with Gasteiger partial charge < -0.3 is 10.4 Å². The highest BCUT2D eigenvalue weighted by atomic mass is 16.3. The van der Waals surface area contributed by atoms with E-state index < -0.39 is 0 Å². The number of aliphatic hydroxyl groups is 1. The lowest BCUT2D eigenvalue weighted by Gasteiger charge is -2.14. The van der Waals surface area contributed by atoms with E-state index in [0.717, 1.165) is 19.3 Å². The predicted octanol–water partition coefficient (Wildman–Crippen LogP) is 3.65. The summed E-state index contributed by atoms with van der Waals surface area (Å²) in [6, 6.07) is 0. The molecular formula is C16H33NO2. The second kappa shape index (κ2) is 13.9. The summed E-state index contributed by atoms with van der Waals surface area (Å²) >= 11 is 0. The molecule has 0 aromatic carbocycles. The molecule has 0 aromatic rings. The van der Waals surface area contributed by atoms with E-state index in [-0.39, 0.29) is 12.5 Å². The van der Waals surface area contributed by atoms with Crippen LogP contribution in [0.5, 0.6) is 0 Å². The van der Waals surface area contributed by atoms with E-state index in [1.165, 1.54) is 38.5 Å². The molecule has 0 rings (SSSR count). The van der Waals surface area contributed by atoms with Gasteiger partial charge in [-0.2, -0.15) is 0 Å². The Morgan fingerprint density at radius 3 is 2.26 bits per heavy atom. The summed E-state index contributed by atoms with van der Waals surface area (Å²) in [5.41, 5.74) is 0. The van der Waals surface area contributed by atoms with Crippen molar-refractivity contribution in [1.82, 2.24) is 5.32 Å². The number of amides is 1. The van der Waals surface area contributed by atoms with Crippen LogP contribution in [0.1, 0.15) is 78.1 Å². The van der Waals surface area contributed by atoms with Crippen molar-refractivity contribution >= 4 is 5.91 Å². The van der Waals surface area contributed by atoms with E-state index in [4.69, 9.17) is 5.11 Å². The van der Waals surface area contributed by atoms with Crippen molar-refractivity contribution in [3.8, 4) is 0 Å². The molecule has 0 heterocycles. The first kappa shape index (κ1) is 18.4. The van der Waals surface area contributed by atoms with Crippen LogP contribution in [0, 0.1) is 5.92 Å². The van der Waals surface area contributed by atoms with Gasteiger partial charge in [0.1, 0.15) is 0 Å². The van der Waals surface area contributed by atoms with Gasteiger partial charge in [-0.05, 0) is 18.8 Å². The SMILES string of the molecule is CCCCCCCCCC(=O)NCC(CC)CCO. The molecule has 0 bridgehead atoms. The summed E-state index contributed by atoms with van der Waals surface area (Å²) in [6.07, 6.45) is 11.2. The molecule has 0 aliphatic carbocycles. The van der Waals surface area contributed by atoms with Crippen LogP contribution in [0.4, 0.5) is 0 Å². The maximum Gasteiger partial charge on any atom is 0.220 e. The minimum atomic E-state index is 0.171. The summed E-state index contributed by atoms with van der Waals surface area (Å²) in [4.78, 5) is 11.6. The van der Waals surface area contributed by atoms with Crippen LogP contribution >= 0.6 is 0 Å². The standard InChI is InChI=1S/C16H33NO2/c1-3-5-6-7-8-9-10-11-16(19)17-14-15(4-2)12-13-18/h15,18H,3-14H2,1-2H3,(H,17,19). The van der Waals surface area contributed by atoms with E-state index in [9.17, 15) is 4.79 Å². The molecule has 19 heavy (non-hydrogen) atoms. The van der Waals surface area contributed by atoms with Crippen molar-refractivity contribution < 1.29 is 9.90 Å². The molecule has 0 radical (unpaired) electrons. The third-order valence-corrected chi connectivity index (χ3v) is 3.71. The highest BCUT2D eigenvalue weighted by Crippen LogP contribution is 2.09. The average molecular weight is 271 g/mol. The fourth-order valence-corrected chi connectivity index (χ4v) is 2.22. The molecule has 0 saturated carbocycles. The lowest BCUT2D eigenvalue weighted by atomic mass is 10.0. The first-order valence-electron chi connectivity index (χ1n) is 8.12. The number of hydrogen-bond acceptors (Lipinski definition) is 2. The lowest BCUT2D eigenvalue weighted by Crippen LogP contribution is -2.29. The zero-order chi connectivity index (χ0) is 14.3. The molecule has 2 N–H and O–H groups in total. The van der Waals surface area contributed by atoms with Gasteiger partial charge in [-0.1, -0.05) is 58.8 Å². The first-order chi connectivity index (χ1) is 9.24. The number of hydrogen-bond donors (Lipinski definition) is 2. The third kappa shape index (κ3) is 12.2. The Hall–Kier alpha value is -0.570. The molecule has 0 saturated heterocycles. The zero-order valence-electron chi connectivity index (χ0n) is 12.9. The Morgan fingerprint density at radius 2 is 1.68 bits per heavy atom. The lowest BCUT2D eigenvalue weighted by molar-refractivity contribution is -0.121. The predicted molar refractivity (Wildman–Crippen MR) is 81.1 cm³/mol. The van der Waals surface area contributed by atoms with Gasteiger partial charge >= 0.3 is 0 Å². The average Bonchev–Trinajstić information content (AvgIpc) is 2.42. The number of nitrogens with one attached hydrogen (secondary N) is 1. The number of aliphatic hydroxyl groups excluding tert-OH is 1. The number of carbonyl (C=O) groups is 1. The van der Waals surface area contributed by atoms with Crippen molar-refractivity contribution in [1.29, 1.82) is 0 Å². The summed E-state index contributed by atoms with van der Waals surface area (Å²) in [7, 11) is 0. The maximum atomic E-state index is 11.6. The van der Waals surface area contributed by atoms with E-state index in [1.54, 1.807) is 0 Å². The summed E-state index contributed by atoms with van der Waals surface area (Å²) in [5, 5.41) is 11.9. The fraction of sp³-hybridized carbons (Fsp3) is 0.938. The van der Waals surface area contributed by atoms with Crippen LogP contribution in [0.3, 0.4) is 0 Å². The van der Waals surface area contributed by atoms with Gasteiger partial charge in [0.25, 0.3) is 0 Å². The summed E-state index contributed by atoms with van der Waals surface area (Å²) < 4.78 is 0. The maximum absolute atomic E-state index is 11.6. The zero-order valence-corrected chi connectivity index (χ0v) is 12.9. The van der Waals surface area contributed by atoms with Gasteiger partial charge in [-0.3, -0.25) is 4.79 Å². The first-order valence-corrected chi connectivity index (χ1v) is 8.12. The highest BCUT2D eigenvalue weighted by Gasteiger charge is 2.07. The molecule has 0 aromatic heterocycles. The normalized spacial score (nSPS) is 12.4. The summed E-state index contributed by atoms with van der Waals surface area (Å²) in [6.45, 7) is 5.26. The second-order valence-electron chi connectivity index (χ2n) is 5.46. The Balaban J connectivity index is 3.38. The van der Waals surface area contributed by atoms with Crippen LogP contribution in [0.15, 0.2) is 0 Å². The number of rotatable bonds is 13. The molecule has 1 atom stereocenters. The van der Waals surface area contributed by atoms with Crippen molar-refractivity contribution in [3.05, 3.63) is 0 Å². The molecular weight excluding hydrogens is 238 g/mol. The number of unbranched alkanes of at least 4 members (excludes halogenated alkanes) is 6. The largest absolute Gasteiger partial charge is 0.396 e. The van der Waals surface area contributed by atoms with Gasteiger partial charge in [0.15, 0.2) is 0 Å². The molecule has 1 amide bonds. The number of carbonyl (C=O) groups excluding carboxylic acids is 1. The van der Waals surface area contributed by atoms with Crippen molar-refractivity contribution in [3.63, 3.8) is 0 Å². The van der Waals surface area contributed by atoms with Crippen LogP contribution < -0.4 is 5.32 Å². The smallest absolute Gasteiger partial charge is 0.220 e.